The molecule has 0 saturated carbocycles. The van der Waals surface area contributed by atoms with E-state index in [0.717, 1.165) is 10.2 Å². The first kappa shape index (κ1) is 18.8. The van der Waals surface area contributed by atoms with Crippen molar-refractivity contribution in [2.24, 2.45) is 5.10 Å². The molecule has 3 aromatic rings. The van der Waals surface area contributed by atoms with E-state index < -0.39 is 5.56 Å². The van der Waals surface area contributed by atoms with Crippen molar-refractivity contribution in [1.82, 2.24) is 9.66 Å². The second-order valence-corrected chi connectivity index (χ2v) is 6.22. The number of hydrogen-bond acceptors (Lipinski definition) is 6. The number of aromatic nitrogens is 2. The Kier molecular flexibility index (Phi) is 5.21. The van der Waals surface area contributed by atoms with Crippen molar-refractivity contribution in [3.8, 4) is 23.3 Å². The van der Waals surface area contributed by atoms with Crippen molar-refractivity contribution in [3.05, 3.63) is 80.9 Å². The first-order chi connectivity index (χ1) is 13.5. The molecular weight excluding hydrogens is 376 g/mol. The molecule has 2 N–H and O–H groups in total. The maximum atomic E-state index is 12.9. The average molecular weight is 389 g/mol. The van der Waals surface area contributed by atoms with E-state index in [4.69, 9.17) is 17.3 Å². The Labute approximate surface area is 165 Å². The zero-order chi connectivity index (χ0) is 20.3. The zero-order valence-electron chi connectivity index (χ0n) is 14.7. The topological polar surface area (TPSA) is 121 Å². The molecule has 136 valence electrons. The summed E-state index contributed by atoms with van der Waals surface area (Å²) in [6.07, 6.45) is 3.18. The summed E-state index contributed by atoms with van der Waals surface area (Å²) in [6, 6.07) is 13.8. The summed E-state index contributed by atoms with van der Waals surface area (Å²) >= 11 is 5.91. The molecule has 0 saturated heterocycles. The van der Waals surface area contributed by atoms with Crippen molar-refractivity contribution < 1.29 is 0 Å². The number of hydrogen-bond donors (Lipinski definition) is 1. The molecule has 2 heterocycles. The van der Waals surface area contributed by atoms with E-state index in [1.165, 1.54) is 0 Å². The highest BCUT2D eigenvalue weighted by molar-refractivity contribution is 6.30. The van der Waals surface area contributed by atoms with Gasteiger partial charge in [-0.2, -0.15) is 20.3 Å². The number of nitriles is 2. The van der Waals surface area contributed by atoms with Gasteiger partial charge in [-0.25, -0.2) is 0 Å². The maximum Gasteiger partial charge on any atom is 0.291 e. The highest BCUT2D eigenvalue weighted by Crippen LogP contribution is 2.30. The highest BCUT2D eigenvalue weighted by atomic mass is 35.5. The van der Waals surface area contributed by atoms with Gasteiger partial charge in [-0.15, -0.1) is 0 Å². The summed E-state index contributed by atoms with van der Waals surface area (Å²) in [6.45, 7) is 1.69. The van der Waals surface area contributed by atoms with Crippen LogP contribution >= 0.6 is 11.6 Å². The quantitative estimate of drug-likeness (QED) is 0.690. The Morgan fingerprint density at radius 1 is 1.11 bits per heavy atom. The Bertz CT molecular complexity index is 1220. The Hall–Kier alpha value is -3.94. The summed E-state index contributed by atoms with van der Waals surface area (Å²) in [5.74, 6) is -0.148. The van der Waals surface area contributed by atoms with Crippen LogP contribution in [0.1, 0.15) is 23.6 Å². The van der Waals surface area contributed by atoms with Crippen molar-refractivity contribution in [3.63, 3.8) is 0 Å². The molecule has 2 aromatic heterocycles. The van der Waals surface area contributed by atoms with Crippen LogP contribution in [-0.2, 0) is 0 Å². The molecule has 1 aromatic carbocycles. The van der Waals surface area contributed by atoms with Crippen LogP contribution in [0.25, 0.3) is 11.1 Å². The highest BCUT2D eigenvalue weighted by Gasteiger charge is 2.22. The molecule has 3 rings (SSSR count). The number of anilines is 1. The van der Waals surface area contributed by atoms with Gasteiger partial charge in [-0.3, -0.25) is 9.78 Å². The SMILES string of the molecule is C/C(=N\n1c(N)c(C#N)c(-c2ccc(Cl)cc2)c(C#N)c1=O)c1ccncc1. The van der Waals surface area contributed by atoms with Crippen LogP contribution in [0, 0.1) is 22.7 Å². The third kappa shape index (κ3) is 3.35. The van der Waals surface area contributed by atoms with E-state index in [1.54, 1.807) is 55.7 Å². The molecule has 0 aliphatic heterocycles. The lowest BCUT2D eigenvalue weighted by atomic mass is 9.96. The number of nitrogens with zero attached hydrogens (tertiary/aromatic N) is 5. The average Bonchev–Trinajstić information content (AvgIpc) is 2.72. The van der Waals surface area contributed by atoms with E-state index in [0.29, 0.717) is 16.3 Å². The van der Waals surface area contributed by atoms with E-state index in [2.05, 4.69) is 10.1 Å². The van der Waals surface area contributed by atoms with Gasteiger partial charge in [-0.1, -0.05) is 23.7 Å². The first-order valence-corrected chi connectivity index (χ1v) is 8.46. The molecule has 0 amide bonds. The van der Waals surface area contributed by atoms with E-state index in [-0.39, 0.29) is 22.5 Å². The van der Waals surface area contributed by atoms with Crippen molar-refractivity contribution in [2.75, 3.05) is 5.73 Å². The minimum Gasteiger partial charge on any atom is -0.382 e. The smallest absolute Gasteiger partial charge is 0.291 e. The predicted molar refractivity (Wildman–Crippen MR) is 107 cm³/mol. The summed E-state index contributed by atoms with van der Waals surface area (Å²) in [5, 5.41) is 24.0. The van der Waals surface area contributed by atoms with Crippen LogP contribution in [0.15, 0.2) is 58.7 Å². The molecule has 0 fully saturated rings. The van der Waals surface area contributed by atoms with Gasteiger partial charge >= 0.3 is 0 Å². The summed E-state index contributed by atoms with van der Waals surface area (Å²) in [7, 11) is 0. The number of nitrogen functional groups attached to an aromatic ring is 1. The first-order valence-electron chi connectivity index (χ1n) is 8.08. The molecule has 7 nitrogen and oxygen atoms in total. The van der Waals surface area contributed by atoms with Gasteiger partial charge in [0.05, 0.1) is 5.71 Å². The van der Waals surface area contributed by atoms with Crippen molar-refractivity contribution >= 4 is 23.1 Å². The molecule has 8 heteroatoms. The Morgan fingerprint density at radius 3 is 2.29 bits per heavy atom. The second kappa shape index (κ2) is 7.75. The van der Waals surface area contributed by atoms with Crippen LogP contribution in [0.4, 0.5) is 5.82 Å². The molecular formula is C20H13ClN6O. The van der Waals surface area contributed by atoms with Gasteiger partial charge in [0, 0.05) is 28.5 Å². The largest absolute Gasteiger partial charge is 0.382 e. The van der Waals surface area contributed by atoms with E-state index in [1.807, 2.05) is 12.1 Å². The fourth-order valence-electron chi connectivity index (χ4n) is 2.70. The molecule has 0 bridgehead atoms. The Morgan fingerprint density at radius 2 is 1.71 bits per heavy atom. The number of pyridine rings is 2. The van der Waals surface area contributed by atoms with Gasteiger partial charge in [0.25, 0.3) is 5.56 Å². The third-order valence-electron chi connectivity index (χ3n) is 4.10. The van der Waals surface area contributed by atoms with E-state index in [9.17, 15) is 15.3 Å². The minimum atomic E-state index is -0.711. The molecule has 0 radical (unpaired) electrons. The molecule has 0 atom stereocenters. The van der Waals surface area contributed by atoms with Crippen LogP contribution in [0.2, 0.25) is 5.02 Å². The fraction of sp³-hybridized carbons (Fsp3) is 0.0500. The van der Waals surface area contributed by atoms with Crippen LogP contribution in [0.5, 0.6) is 0 Å². The van der Waals surface area contributed by atoms with Crippen LogP contribution in [-0.4, -0.2) is 15.4 Å². The molecule has 0 spiro atoms. The van der Waals surface area contributed by atoms with Gasteiger partial charge in [0.2, 0.25) is 0 Å². The summed E-state index contributed by atoms with van der Waals surface area (Å²) in [4.78, 5) is 16.9. The maximum absolute atomic E-state index is 12.9. The number of rotatable bonds is 3. The summed E-state index contributed by atoms with van der Waals surface area (Å²) < 4.78 is 0.881. The molecule has 0 aliphatic carbocycles. The van der Waals surface area contributed by atoms with Crippen molar-refractivity contribution in [2.45, 2.75) is 6.92 Å². The zero-order valence-corrected chi connectivity index (χ0v) is 15.5. The summed E-state index contributed by atoms with van der Waals surface area (Å²) in [5.41, 5.74) is 7.01. The predicted octanol–water partition coefficient (Wildman–Crippen LogP) is 3.16. The molecule has 0 unspecified atom stereocenters. The van der Waals surface area contributed by atoms with Gasteiger partial charge < -0.3 is 5.73 Å². The van der Waals surface area contributed by atoms with E-state index >= 15 is 0 Å². The van der Waals surface area contributed by atoms with Gasteiger partial charge in [0.15, 0.2) is 0 Å². The molecule has 28 heavy (non-hydrogen) atoms. The standard InChI is InChI=1S/C20H13ClN6O/c1-12(13-6-8-25-9-7-13)26-27-19(24)16(10-22)18(17(11-23)20(27)28)14-2-4-15(21)5-3-14/h2-9H,24H2,1H3/b26-12+. The van der Waals surface area contributed by atoms with Gasteiger partial charge in [0.1, 0.15) is 29.1 Å². The number of benzene rings is 1. The van der Waals surface area contributed by atoms with Crippen molar-refractivity contribution in [1.29, 1.82) is 10.5 Å². The van der Waals surface area contributed by atoms with Crippen LogP contribution < -0.4 is 11.3 Å². The number of halogens is 1. The lowest BCUT2D eigenvalue weighted by Gasteiger charge is -2.13. The molecule has 0 aliphatic rings. The van der Waals surface area contributed by atoms with Crippen LogP contribution in [0.3, 0.4) is 0 Å². The third-order valence-corrected chi connectivity index (χ3v) is 4.35. The lowest BCUT2D eigenvalue weighted by Crippen LogP contribution is -2.25. The van der Waals surface area contributed by atoms with Gasteiger partial charge in [-0.05, 0) is 36.8 Å². The normalized spacial score (nSPS) is 10.9. The minimum absolute atomic E-state index is 0.00949. The lowest BCUT2D eigenvalue weighted by molar-refractivity contribution is 0.834. The number of nitrogens with two attached hydrogens (primary N) is 1. The second-order valence-electron chi connectivity index (χ2n) is 5.78. The fourth-order valence-corrected chi connectivity index (χ4v) is 2.83. The Balaban J connectivity index is 2.31. The monoisotopic (exact) mass is 388 g/mol.